The van der Waals surface area contributed by atoms with Crippen LogP contribution in [0.1, 0.15) is 40.4 Å². The predicted octanol–water partition coefficient (Wildman–Crippen LogP) is 0.314. The van der Waals surface area contributed by atoms with Gasteiger partial charge in [0.15, 0.2) is 0 Å². The second kappa shape index (κ2) is 4.57. The number of hydrogen-bond donors (Lipinski definition) is 1. The van der Waals surface area contributed by atoms with Crippen LogP contribution in [0.2, 0.25) is 0 Å². The smallest absolute Gasteiger partial charge is 0.249 e. The van der Waals surface area contributed by atoms with Crippen LogP contribution in [0.25, 0.3) is 0 Å². The fourth-order valence-corrected chi connectivity index (χ4v) is 2.29. The topological polar surface area (TPSA) is 80.1 Å². The fraction of sp³-hybridized carbons (Fsp3) is 0.692. The van der Waals surface area contributed by atoms with Crippen LogP contribution in [0.5, 0.6) is 0 Å². The summed E-state index contributed by atoms with van der Waals surface area (Å²) in [4.78, 5) is 30.6. The van der Waals surface area contributed by atoms with Crippen LogP contribution < -0.4 is 5.32 Å². The van der Waals surface area contributed by atoms with Crippen molar-refractivity contribution in [1.82, 2.24) is 25.0 Å². The van der Waals surface area contributed by atoms with Crippen molar-refractivity contribution >= 4 is 11.8 Å². The molecule has 2 amide bonds. The van der Waals surface area contributed by atoms with E-state index in [4.69, 9.17) is 0 Å². The van der Waals surface area contributed by atoms with Crippen LogP contribution in [0, 0.1) is 0 Å². The van der Waals surface area contributed by atoms with Crippen molar-refractivity contribution < 1.29 is 9.59 Å². The molecule has 0 bridgehead atoms. The molecule has 0 aromatic carbocycles. The Labute approximate surface area is 118 Å². The summed E-state index contributed by atoms with van der Waals surface area (Å²) < 4.78 is 1.73. The van der Waals surface area contributed by atoms with Gasteiger partial charge in [-0.15, -0.1) is 0 Å². The molecule has 0 unspecified atom stereocenters. The molecule has 0 atom stereocenters. The number of nitrogens with one attached hydrogen (secondary N) is 1. The van der Waals surface area contributed by atoms with Crippen LogP contribution in [0.15, 0.2) is 6.33 Å². The minimum atomic E-state index is -0.906. The summed E-state index contributed by atoms with van der Waals surface area (Å²) in [5, 5.41) is 6.86. The Morgan fingerprint density at radius 1 is 1.25 bits per heavy atom. The maximum Gasteiger partial charge on any atom is 0.249 e. The Kier molecular flexibility index (Phi) is 3.31. The lowest BCUT2D eigenvalue weighted by molar-refractivity contribution is -0.160. The van der Waals surface area contributed by atoms with Gasteiger partial charge in [0.2, 0.25) is 11.8 Å². The summed E-state index contributed by atoms with van der Waals surface area (Å²) in [6, 6.07) is 0. The molecule has 0 spiro atoms. The normalized spacial score (nSPS) is 20.9. The van der Waals surface area contributed by atoms with Crippen molar-refractivity contribution in [3.63, 3.8) is 0 Å². The Balaban J connectivity index is 2.36. The van der Waals surface area contributed by atoms with Gasteiger partial charge in [-0.05, 0) is 34.6 Å². The van der Waals surface area contributed by atoms with Crippen LogP contribution in [-0.2, 0) is 22.7 Å². The van der Waals surface area contributed by atoms with Crippen LogP contribution in [0.3, 0.4) is 0 Å². The average molecular weight is 279 g/mol. The third kappa shape index (κ3) is 2.17. The molecule has 1 saturated heterocycles. The molecule has 0 radical (unpaired) electrons. The first-order valence-electron chi connectivity index (χ1n) is 6.71. The highest BCUT2D eigenvalue weighted by Crippen LogP contribution is 2.27. The average Bonchev–Trinajstić information content (AvgIpc) is 2.80. The number of hydrogen-bond acceptors (Lipinski definition) is 4. The number of rotatable bonds is 3. The van der Waals surface area contributed by atoms with Gasteiger partial charge in [-0.25, -0.2) is 9.67 Å². The van der Waals surface area contributed by atoms with Gasteiger partial charge in [0, 0.05) is 6.54 Å². The van der Waals surface area contributed by atoms with Crippen molar-refractivity contribution in [1.29, 1.82) is 0 Å². The highest BCUT2D eigenvalue weighted by molar-refractivity contribution is 6.01. The van der Waals surface area contributed by atoms with E-state index in [-0.39, 0.29) is 18.4 Å². The summed E-state index contributed by atoms with van der Waals surface area (Å²) >= 11 is 0. The summed E-state index contributed by atoms with van der Waals surface area (Å²) in [6.07, 6.45) is 1.46. The molecule has 7 nitrogen and oxygen atoms in total. The van der Waals surface area contributed by atoms with Crippen LogP contribution >= 0.6 is 0 Å². The second-order valence-corrected chi connectivity index (χ2v) is 6.02. The Morgan fingerprint density at radius 2 is 1.90 bits per heavy atom. The number of aromatic nitrogens is 3. The SMILES string of the molecule is CCn1ncnc1CN1C(=O)C(C)(C)NC(=O)C1(C)C. The number of carbonyl (C=O) groups is 2. The van der Waals surface area contributed by atoms with Gasteiger partial charge in [-0.2, -0.15) is 5.10 Å². The molecule has 1 aliphatic heterocycles. The molecule has 0 saturated carbocycles. The molecule has 20 heavy (non-hydrogen) atoms. The van der Waals surface area contributed by atoms with Gasteiger partial charge < -0.3 is 10.2 Å². The maximum atomic E-state index is 12.6. The van der Waals surface area contributed by atoms with E-state index in [1.807, 2.05) is 6.92 Å². The van der Waals surface area contributed by atoms with Crippen molar-refractivity contribution in [2.24, 2.45) is 0 Å². The molecule has 1 fully saturated rings. The molecule has 110 valence electrons. The van der Waals surface area contributed by atoms with Crippen molar-refractivity contribution in [2.45, 2.75) is 58.8 Å². The summed E-state index contributed by atoms with van der Waals surface area (Å²) in [5.41, 5.74) is -1.80. The fourth-order valence-electron chi connectivity index (χ4n) is 2.29. The Morgan fingerprint density at radius 3 is 2.50 bits per heavy atom. The van der Waals surface area contributed by atoms with E-state index in [0.29, 0.717) is 12.4 Å². The number of aryl methyl sites for hydroxylation is 1. The molecular formula is C13H21N5O2. The zero-order valence-electron chi connectivity index (χ0n) is 12.6. The molecular weight excluding hydrogens is 258 g/mol. The molecule has 2 heterocycles. The molecule has 1 aromatic heterocycles. The number of carbonyl (C=O) groups excluding carboxylic acids is 2. The molecule has 7 heteroatoms. The summed E-state index contributed by atoms with van der Waals surface area (Å²) in [6.45, 7) is 9.80. The first kappa shape index (κ1) is 14.5. The zero-order valence-corrected chi connectivity index (χ0v) is 12.6. The second-order valence-electron chi connectivity index (χ2n) is 6.02. The third-order valence-corrected chi connectivity index (χ3v) is 3.73. The Hall–Kier alpha value is -1.92. The van der Waals surface area contributed by atoms with E-state index in [0.717, 1.165) is 0 Å². The first-order chi connectivity index (χ1) is 9.20. The van der Waals surface area contributed by atoms with Gasteiger partial charge in [0.05, 0.1) is 6.54 Å². The van der Waals surface area contributed by atoms with E-state index >= 15 is 0 Å². The van der Waals surface area contributed by atoms with E-state index in [2.05, 4.69) is 15.4 Å². The first-order valence-corrected chi connectivity index (χ1v) is 6.71. The monoisotopic (exact) mass is 279 g/mol. The lowest BCUT2D eigenvalue weighted by Crippen LogP contribution is -2.72. The van der Waals surface area contributed by atoms with Gasteiger partial charge in [0.25, 0.3) is 0 Å². The summed E-state index contributed by atoms with van der Waals surface area (Å²) in [7, 11) is 0. The molecule has 1 aromatic rings. The zero-order chi connectivity index (χ0) is 15.1. The van der Waals surface area contributed by atoms with E-state index < -0.39 is 11.1 Å². The third-order valence-electron chi connectivity index (χ3n) is 3.73. The maximum absolute atomic E-state index is 12.6. The molecule has 0 aliphatic carbocycles. The van der Waals surface area contributed by atoms with Gasteiger partial charge in [-0.1, -0.05) is 0 Å². The van der Waals surface area contributed by atoms with Crippen LogP contribution in [0.4, 0.5) is 0 Å². The van der Waals surface area contributed by atoms with Gasteiger partial charge >= 0.3 is 0 Å². The molecule has 1 aliphatic rings. The quantitative estimate of drug-likeness (QED) is 0.863. The van der Waals surface area contributed by atoms with E-state index in [1.54, 1.807) is 37.3 Å². The molecule has 2 rings (SSSR count). The predicted molar refractivity (Wildman–Crippen MR) is 72.5 cm³/mol. The van der Waals surface area contributed by atoms with E-state index in [9.17, 15) is 9.59 Å². The minimum absolute atomic E-state index is 0.118. The van der Waals surface area contributed by atoms with Gasteiger partial charge in [0.1, 0.15) is 23.2 Å². The Bertz CT molecular complexity index is 547. The van der Waals surface area contributed by atoms with Crippen molar-refractivity contribution in [2.75, 3.05) is 0 Å². The standard InChI is InChI=1S/C13H21N5O2/c1-6-18-9(14-8-15-18)7-17-11(20)12(2,3)16-10(19)13(17,4)5/h8H,6-7H2,1-5H3,(H,16,19). The minimum Gasteiger partial charge on any atom is -0.340 e. The summed E-state index contributed by atoms with van der Waals surface area (Å²) in [5.74, 6) is 0.400. The number of nitrogens with zero attached hydrogens (tertiary/aromatic N) is 4. The largest absolute Gasteiger partial charge is 0.340 e. The highest BCUT2D eigenvalue weighted by atomic mass is 16.2. The van der Waals surface area contributed by atoms with Gasteiger partial charge in [-0.3, -0.25) is 9.59 Å². The van der Waals surface area contributed by atoms with Crippen molar-refractivity contribution in [3.8, 4) is 0 Å². The number of amides is 2. The van der Waals surface area contributed by atoms with Crippen LogP contribution in [-0.4, -0.2) is 42.6 Å². The molecule has 1 N–H and O–H groups in total. The highest BCUT2D eigenvalue weighted by Gasteiger charge is 2.50. The van der Waals surface area contributed by atoms with Crippen molar-refractivity contribution in [3.05, 3.63) is 12.2 Å². The van der Waals surface area contributed by atoms with E-state index in [1.165, 1.54) is 6.33 Å². The number of piperazine rings is 1. The lowest BCUT2D eigenvalue weighted by Gasteiger charge is -2.47. The lowest BCUT2D eigenvalue weighted by atomic mass is 9.89.